The Bertz CT molecular complexity index is 630. The zero-order chi connectivity index (χ0) is 18.2. The Balaban J connectivity index is 1.85. The number of benzene rings is 1. The van der Waals surface area contributed by atoms with Gasteiger partial charge in [-0.05, 0) is 64.6 Å². The lowest BCUT2D eigenvalue weighted by Gasteiger charge is -2.35. The molecular weight excluding hydrogens is 317 g/mol. The summed E-state index contributed by atoms with van der Waals surface area (Å²) in [6.07, 6.45) is 2.95. The number of hydrogen-bond donors (Lipinski definition) is 0. The standard InChI is InChI=1S/C19H28BNO4/c1-18(2)19(3,4)25-20(24-18)14-9-8-10-15(13-14)21-12-7-6-11-16(21)17(22)23-5/h8-10,13,16H,6-7,11-12H2,1-5H3. The fourth-order valence-corrected chi connectivity index (χ4v) is 3.45. The van der Waals surface area contributed by atoms with Crippen LogP contribution in [0.3, 0.4) is 0 Å². The number of piperidine rings is 1. The lowest BCUT2D eigenvalue weighted by Crippen LogP contribution is -2.46. The molecule has 2 aliphatic rings. The third-order valence-electron chi connectivity index (χ3n) is 5.70. The molecule has 0 aromatic heterocycles. The molecule has 2 aliphatic heterocycles. The average molecular weight is 345 g/mol. The minimum Gasteiger partial charge on any atom is -0.467 e. The van der Waals surface area contributed by atoms with E-state index >= 15 is 0 Å². The van der Waals surface area contributed by atoms with Gasteiger partial charge >= 0.3 is 13.1 Å². The Morgan fingerprint density at radius 1 is 1.20 bits per heavy atom. The Morgan fingerprint density at radius 3 is 2.52 bits per heavy atom. The van der Waals surface area contributed by atoms with Gasteiger partial charge in [0.25, 0.3) is 0 Å². The maximum atomic E-state index is 12.1. The first-order valence-electron chi connectivity index (χ1n) is 9.05. The summed E-state index contributed by atoms with van der Waals surface area (Å²) in [6, 6.07) is 7.91. The van der Waals surface area contributed by atoms with Gasteiger partial charge in [0, 0.05) is 12.2 Å². The molecule has 0 N–H and O–H groups in total. The first-order chi connectivity index (χ1) is 11.7. The molecule has 2 fully saturated rings. The number of carbonyl (C=O) groups excluding carboxylic acids is 1. The molecule has 2 saturated heterocycles. The maximum absolute atomic E-state index is 12.1. The van der Waals surface area contributed by atoms with Crippen molar-refractivity contribution in [3.63, 3.8) is 0 Å². The van der Waals surface area contributed by atoms with Gasteiger partial charge in [-0.15, -0.1) is 0 Å². The molecule has 1 atom stereocenters. The number of anilines is 1. The highest BCUT2D eigenvalue weighted by atomic mass is 16.7. The Kier molecular flexibility index (Phi) is 4.86. The van der Waals surface area contributed by atoms with Crippen molar-refractivity contribution >= 4 is 24.2 Å². The molecule has 25 heavy (non-hydrogen) atoms. The van der Waals surface area contributed by atoms with Gasteiger partial charge in [0.2, 0.25) is 0 Å². The summed E-state index contributed by atoms with van der Waals surface area (Å²) in [6.45, 7) is 9.06. The van der Waals surface area contributed by atoms with E-state index in [-0.39, 0.29) is 23.2 Å². The van der Waals surface area contributed by atoms with Crippen LogP contribution in [0.1, 0.15) is 47.0 Å². The minimum atomic E-state index is -0.397. The molecule has 0 aliphatic carbocycles. The smallest absolute Gasteiger partial charge is 0.467 e. The largest absolute Gasteiger partial charge is 0.494 e. The van der Waals surface area contributed by atoms with E-state index in [0.717, 1.165) is 37.0 Å². The van der Waals surface area contributed by atoms with Gasteiger partial charge in [-0.2, -0.15) is 0 Å². The second kappa shape index (κ2) is 6.65. The summed E-state index contributed by atoms with van der Waals surface area (Å²) in [4.78, 5) is 14.3. The van der Waals surface area contributed by atoms with E-state index in [9.17, 15) is 4.79 Å². The van der Waals surface area contributed by atoms with Crippen LogP contribution < -0.4 is 10.4 Å². The van der Waals surface area contributed by atoms with Crippen LogP contribution in [0.4, 0.5) is 5.69 Å². The number of nitrogens with zero attached hydrogens (tertiary/aromatic N) is 1. The van der Waals surface area contributed by atoms with Crippen LogP contribution in [0.2, 0.25) is 0 Å². The van der Waals surface area contributed by atoms with Gasteiger partial charge in [-0.3, -0.25) is 0 Å². The van der Waals surface area contributed by atoms with E-state index in [1.165, 1.54) is 7.11 Å². The summed E-state index contributed by atoms with van der Waals surface area (Å²) in [7, 11) is 1.06. The molecule has 0 spiro atoms. The zero-order valence-electron chi connectivity index (χ0n) is 15.9. The number of rotatable bonds is 3. The molecule has 6 heteroatoms. The Labute approximate surface area is 150 Å². The molecule has 1 unspecified atom stereocenters. The van der Waals surface area contributed by atoms with Crippen molar-refractivity contribution < 1.29 is 18.8 Å². The van der Waals surface area contributed by atoms with Crippen LogP contribution >= 0.6 is 0 Å². The first kappa shape index (κ1) is 18.3. The summed E-state index contributed by atoms with van der Waals surface area (Å²) in [5.74, 6) is -0.166. The molecule has 0 bridgehead atoms. The fraction of sp³-hybridized carbons (Fsp3) is 0.632. The maximum Gasteiger partial charge on any atom is 0.494 e. The number of carbonyl (C=O) groups is 1. The summed E-state index contributed by atoms with van der Waals surface area (Å²) < 4.78 is 17.3. The molecule has 1 aromatic rings. The summed E-state index contributed by atoms with van der Waals surface area (Å²) in [5, 5.41) is 0. The lowest BCUT2D eigenvalue weighted by molar-refractivity contribution is -0.142. The van der Waals surface area contributed by atoms with Crippen LogP contribution in [0.5, 0.6) is 0 Å². The Hall–Kier alpha value is -1.53. The van der Waals surface area contributed by atoms with Crippen molar-refractivity contribution in [1.29, 1.82) is 0 Å². The van der Waals surface area contributed by atoms with E-state index < -0.39 is 7.12 Å². The van der Waals surface area contributed by atoms with Crippen LogP contribution in [0.25, 0.3) is 0 Å². The second-order valence-corrected chi connectivity index (χ2v) is 7.91. The van der Waals surface area contributed by atoms with E-state index in [4.69, 9.17) is 14.0 Å². The van der Waals surface area contributed by atoms with Gasteiger partial charge in [0.1, 0.15) is 6.04 Å². The van der Waals surface area contributed by atoms with Crippen LogP contribution in [0.15, 0.2) is 24.3 Å². The molecule has 2 heterocycles. The van der Waals surface area contributed by atoms with Crippen molar-refractivity contribution in [3.8, 4) is 0 Å². The molecule has 0 radical (unpaired) electrons. The summed E-state index contributed by atoms with van der Waals surface area (Å²) in [5.41, 5.74) is 1.26. The number of ether oxygens (including phenoxy) is 1. The number of methoxy groups -OCH3 is 1. The van der Waals surface area contributed by atoms with E-state index in [2.05, 4.69) is 38.7 Å². The van der Waals surface area contributed by atoms with E-state index in [1.807, 2.05) is 18.2 Å². The predicted molar refractivity (Wildman–Crippen MR) is 99.2 cm³/mol. The molecule has 3 rings (SSSR count). The van der Waals surface area contributed by atoms with E-state index in [1.54, 1.807) is 0 Å². The highest BCUT2D eigenvalue weighted by Crippen LogP contribution is 2.36. The van der Waals surface area contributed by atoms with Gasteiger partial charge < -0.3 is 18.9 Å². The monoisotopic (exact) mass is 345 g/mol. The van der Waals surface area contributed by atoms with Gasteiger partial charge in [0.05, 0.1) is 18.3 Å². The molecule has 5 nitrogen and oxygen atoms in total. The predicted octanol–water partition coefficient (Wildman–Crippen LogP) is 2.52. The quantitative estimate of drug-likeness (QED) is 0.622. The van der Waals surface area contributed by atoms with Crippen LogP contribution in [-0.2, 0) is 18.8 Å². The first-order valence-corrected chi connectivity index (χ1v) is 9.05. The summed E-state index contributed by atoms with van der Waals surface area (Å²) >= 11 is 0. The van der Waals surface area contributed by atoms with Crippen molar-refractivity contribution in [1.82, 2.24) is 0 Å². The van der Waals surface area contributed by atoms with Gasteiger partial charge in [-0.25, -0.2) is 4.79 Å². The molecule has 0 amide bonds. The number of esters is 1. The molecular formula is C19H28BNO4. The normalized spacial score (nSPS) is 25.1. The van der Waals surface area contributed by atoms with Crippen molar-refractivity contribution in [3.05, 3.63) is 24.3 Å². The van der Waals surface area contributed by atoms with Crippen molar-refractivity contribution in [2.75, 3.05) is 18.6 Å². The minimum absolute atomic E-state index is 0.166. The third kappa shape index (κ3) is 3.42. The zero-order valence-corrected chi connectivity index (χ0v) is 15.9. The van der Waals surface area contributed by atoms with Crippen LogP contribution in [0, 0.1) is 0 Å². The highest BCUT2D eigenvalue weighted by Gasteiger charge is 2.51. The Morgan fingerprint density at radius 2 is 1.88 bits per heavy atom. The number of hydrogen-bond acceptors (Lipinski definition) is 5. The third-order valence-corrected chi connectivity index (χ3v) is 5.70. The van der Waals surface area contributed by atoms with Crippen molar-refractivity contribution in [2.24, 2.45) is 0 Å². The van der Waals surface area contributed by atoms with E-state index in [0.29, 0.717) is 0 Å². The topological polar surface area (TPSA) is 48.0 Å². The fourth-order valence-electron chi connectivity index (χ4n) is 3.45. The van der Waals surface area contributed by atoms with Gasteiger partial charge in [-0.1, -0.05) is 12.1 Å². The molecule has 1 aromatic carbocycles. The average Bonchev–Trinajstić information content (AvgIpc) is 2.82. The van der Waals surface area contributed by atoms with Crippen LogP contribution in [-0.4, -0.2) is 44.0 Å². The lowest BCUT2D eigenvalue weighted by atomic mass is 9.79. The SMILES string of the molecule is COC(=O)C1CCCCN1c1cccc(B2OC(C)(C)C(C)(C)O2)c1. The second-order valence-electron chi connectivity index (χ2n) is 7.91. The molecule has 0 saturated carbocycles. The highest BCUT2D eigenvalue weighted by molar-refractivity contribution is 6.62. The van der Waals surface area contributed by atoms with Crippen molar-refractivity contribution in [2.45, 2.75) is 64.2 Å². The van der Waals surface area contributed by atoms with Gasteiger partial charge in [0.15, 0.2) is 0 Å². The molecule has 136 valence electrons.